The van der Waals surface area contributed by atoms with E-state index in [-0.39, 0.29) is 0 Å². The van der Waals surface area contributed by atoms with Gasteiger partial charge in [-0.1, -0.05) is 84.9 Å². The normalized spacial score (nSPS) is 11.5. The molecule has 3 nitrogen and oxygen atoms in total. The maximum atomic E-state index is 9.82. The summed E-state index contributed by atoms with van der Waals surface area (Å²) in [6, 6.07) is 48.5. The molecule has 40 heavy (non-hydrogen) atoms. The summed E-state index contributed by atoms with van der Waals surface area (Å²) >= 11 is 0. The monoisotopic (exact) mass is 510 g/mol. The van der Waals surface area contributed by atoms with Crippen molar-refractivity contribution in [2.24, 2.45) is 0 Å². The van der Waals surface area contributed by atoms with Gasteiger partial charge in [-0.05, 0) is 65.2 Å². The topological polar surface area (TPSA) is 41.9 Å². The second-order valence-corrected chi connectivity index (χ2v) is 10.1. The summed E-state index contributed by atoms with van der Waals surface area (Å²) in [5.74, 6) is 0. The third-order valence-electron chi connectivity index (χ3n) is 7.83. The molecular formula is C37H22N2O. The lowest BCUT2D eigenvalue weighted by atomic mass is 9.96. The van der Waals surface area contributed by atoms with Gasteiger partial charge in [-0.25, -0.2) is 0 Å². The fraction of sp³-hybridized carbons (Fsp3) is 0. The molecular weight excluding hydrogens is 488 g/mol. The van der Waals surface area contributed by atoms with E-state index in [0.717, 1.165) is 60.9 Å². The summed E-state index contributed by atoms with van der Waals surface area (Å²) in [5.41, 5.74) is 10.1. The summed E-state index contributed by atoms with van der Waals surface area (Å²) < 4.78 is 8.35. The number of aromatic nitrogens is 1. The minimum Gasteiger partial charge on any atom is -0.456 e. The highest BCUT2D eigenvalue weighted by molar-refractivity contribution is 6.10. The maximum Gasteiger partial charge on any atom is 0.135 e. The summed E-state index contributed by atoms with van der Waals surface area (Å²) in [5, 5.41) is 14.4. The van der Waals surface area contributed by atoms with E-state index in [9.17, 15) is 5.26 Å². The predicted octanol–water partition coefficient (Wildman–Crippen LogP) is 9.89. The van der Waals surface area contributed by atoms with Crippen LogP contribution in [0.3, 0.4) is 0 Å². The first-order chi connectivity index (χ1) is 19.8. The Hall–Kier alpha value is -5.59. The van der Waals surface area contributed by atoms with Crippen LogP contribution in [0.15, 0.2) is 138 Å². The average Bonchev–Trinajstić information content (AvgIpc) is 3.56. The van der Waals surface area contributed by atoms with Crippen molar-refractivity contribution in [1.29, 1.82) is 5.26 Å². The van der Waals surface area contributed by atoms with Gasteiger partial charge in [-0.15, -0.1) is 0 Å². The average molecular weight is 511 g/mol. The second-order valence-electron chi connectivity index (χ2n) is 10.1. The van der Waals surface area contributed by atoms with Gasteiger partial charge >= 0.3 is 0 Å². The molecule has 0 fully saturated rings. The first-order valence-corrected chi connectivity index (χ1v) is 13.3. The van der Waals surface area contributed by atoms with Crippen molar-refractivity contribution >= 4 is 43.7 Å². The minimum absolute atomic E-state index is 0.633. The van der Waals surface area contributed by atoms with Crippen LogP contribution in [0, 0.1) is 11.3 Å². The van der Waals surface area contributed by atoms with Crippen LogP contribution >= 0.6 is 0 Å². The lowest BCUT2D eigenvalue weighted by molar-refractivity contribution is 0.669. The fourth-order valence-electron chi connectivity index (χ4n) is 5.98. The lowest BCUT2D eigenvalue weighted by Gasteiger charge is -2.15. The number of hydrogen-bond donors (Lipinski definition) is 0. The fourth-order valence-corrected chi connectivity index (χ4v) is 5.98. The number of fused-ring (bicyclic) bond motifs is 6. The molecule has 186 valence electrons. The Labute approximate surface area is 230 Å². The lowest BCUT2D eigenvalue weighted by Crippen LogP contribution is -1.98. The zero-order valence-electron chi connectivity index (χ0n) is 21.5. The molecule has 0 aliphatic heterocycles. The maximum absolute atomic E-state index is 9.82. The minimum atomic E-state index is 0.633. The molecule has 0 saturated carbocycles. The van der Waals surface area contributed by atoms with Crippen LogP contribution in [0.2, 0.25) is 0 Å². The van der Waals surface area contributed by atoms with Crippen LogP contribution in [-0.4, -0.2) is 4.57 Å². The van der Waals surface area contributed by atoms with Crippen LogP contribution in [0.1, 0.15) is 5.56 Å². The first-order valence-electron chi connectivity index (χ1n) is 13.3. The number of furan rings is 1. The van der Waals surface area contributed by atoms with Crippen molar-refractivity contribution in [1.82, 2.24) is 4.57 Å². The van der Waals surface area contributed by atoms with E-state index in [1.807, 2.05) is 30.3 Å². The van der Waals surface area contributed by atoms with Crippen molar-refractivity contribution in [3.05, 3.63) is 139 Å². The summed E-state index contributed by atoms with van der Waals surface area (Å²) in [6.45, 7) is 0. The quantitative estimate of drug-likeness (QED) is 0.237. The largest absolute Gasteiger partial charge is 0.456 e. The predicted molar refractivity (Wildman–Crippen MR) is 164 cm³/mol. The van der Waals surface area contributed by atoms with Gasteiger partial charge in [0, 0.05) is 27.1 Å². The van der Waals surface area contributed by atoms with Crippen molar-refractivity contribution in [3.8, 4) is 34.0 Å². The van der Waals surface area contributed by atoms with Gasteiger partial charge in [-0.3, -0.25) is 0 Å². The van der Waals surface area contributed by atoms with Crippen LogP contribution in [0.5, 0.6) is 0 Å². The van der Waals surface area contributed by atoms with Crippen LogP contribution in [-0.2, 0) is 0 Å². The smallest absolute Gasteiger partial charge is 0.135 e. The van der Waals surface area contributed by atoms with E-state index in [1.54, 1.807) is 0 Å². The number of para-hydroxylation sites is 3. The molecule has 8 aromatic rings. The summed E-state index contributed by atoms with van der Waals surface area (Å²) in [6.07, 6.45) is 0. The molecule has 2 heterocycles. The van der Waals surface area contributed by atoms with Crippen molar-refractivity contribution in [3.63, 3.8) is 0 Å². The van der Waals surface area contributed by atoms with Gasteiger partial charge in [0.25, 0.3) is 0 Å². The number of hydrogen-bond acceptors (Lipinski definition) is 2. The Balaban J connectivity index is 1.35. The van der Waals surface area contributed by atoms with Crippen molar-refractivity contribution in [2.45, 2.75) is 0 Å². The van der Waals surface area contributed by atoms with Crippen molar-refractivity contribution < 1.29 is 4.42 Å². The van der Waals surface area contributed by atoms with E-state index in [0.29, 0.717) is 5.56 Å². The zero-order valence-corrected chi connectivity index (χ0v) is 21.5. The van der Waals surface area contributed by atoms with E-state index in [1.165, 1.54) is 10.8 Å². The molecule has 0 aliphatic rings. The third kappa shape index (κ3) is 3.37. The molecule has 0 amide bonds. The SMILES string of the molecule is N#Cc1ccc(-c2cccc(-c3ccc4oc5ccccc5c4c3)c2)c(-n2c3ccccc3c3ccccc32)c1. The molecule has 0 unspecified atom stereocenters. The molecule has 0 atom stereocenters. The molecule has 0 bridgehead atoms. The highest BCUT2D eigenvalue weighted by atomic mass is 16.3. The van der Waals surface area contributed by atoms with Crippen LogP contribution < -0.4 is 0 Å². The molecule has 0 aliphatic carbocycles. The molecule has 0 N–H and O–H groups in total. The van der Waals surface area contributed by atoms with Gasteiger partial charge in [0.1, 0.15) is 11.2 Å². The van der Waals surface area contributed by atoms with Crippen LogP contribution in [0.25, 0.3) is 71.7 Å². The van der Waals surface area contributed by atoms with Crippen molar-refractivity contribution in [2.75, 3.05) is 0 Å². The van der Waals surface area contributed by atoms with Gasteiger partial charge in [-0.2, -0.15) is 5.26 Å². The highest BCUT2D eigenvalue weighted by Crippen LogP contribution is 2.38. The second kappa shape index (κ2) is 8.73. The summed E-state index contributed by atoms with van der Waals surface area (Å²) in [4.78, 5) is 0. The van der Waals surface area contributed by atoms with Gasteiger partial charge < -0.3 is 8.98 Å². The standard InChI is InChI=1S/C37H22N2O/c38-23-24-16-18-28(35(20-24)39-33-13-4-1-10-29(33)30-11-2-5-14-34(30)39)27-9-7-8-25(21-27)26-17-19-37-32(22-26)31-12-3-6-15-36(31)40-37/h1-22H. The molecule has 6 aromatic carbocycles. The number of nitriles is 1. The zero-order chi connectivity index (χ0) is 26.6. The molecule has 2 aromatic heterocycles. The van der Waals surface area contributed by atoms with E-state index < -0.39 is 0 Å². The molecule has 0 saturated heterocycles. The molecule has 0 radical (unpaired) electrons. The van der Waals surface area contributed by atoms with Gasteiger partial charge in [0.15, 0.2) is 0 Å². The molecule has 0 spiro atoms. The van der Waals surface area contributed by atoms with E-state index in [4.69, 9.17) is 4.42 Å². The third-order valence-corrected chi connectivity index (χ3v) is 7.83. The Morgan fingerprint density at radius 1 is 0.500 bits per heavy atom. The number of nitrogens with zero attached hydrogens (tertiary/aromatic N) is 2. The van der Waals surface area contributed by atoms with Gasteiger partial charge in [0.2, 0.25) is 0 Å². The summed E-state index contributed by atoms with van der Waals surface area (Å²) in [7, 11) is 0. The van der Waals surface area contributed by atoms with E-state index >= 15 is 0 Å². The first kappa shape index (κ1) is 22.4. The Morgan fingerprint density at radius 3 is 1.93 bits per heavy atom. The number of rotatable bonds is 3. The molecule has 3 heteroatoms. The highest BCUT2D eigenvalue weighted by Gasteiger charge is 2.17. The van der Waals surface area contributed by atoms with E-state index in [2.05, 4.69) is 114 Å². The Kier molecular flexibility index (Phi) is 4.89. The van der Waals surface area contributed by atoms with Gasteiger partial charge in [0.05, 0.1) is 28.4 Å². The Bertz CT molecular complexity index is 2240. The molecule has 8 rings (SSSR count). The Morgan fingerprint density at radius 2 is 1.15 bits per heavy atom. The van der Waals surface area contributed by atoms with Crippen LogP contribution in [0.4, 0.5) is 0 Å². The number of benzene rings is 6.